The zero-order valence-corrected chi connectivity index (χ0v) is 8.90. The summed E-state index contributed by atoms with van der Waals surface area (Å²) in [5, 5.41) is 11.4. The number of oxazole rings is 1. The first-order valence-corrected chi connectivity index (χ1v) is 4.78. The van der Waals surface area contributed by atoms with Crippen molar-refractivity contribution in [2.45, 2.75) is 6.92 Å². The van der Waals surface area contributed by atoms with Gasteiger partial charge in [0.05, 0.1) is 5.69 Å². The van der Waals surface area contributed by atoms with Crippen LogP contribution < -0.4 is 5.32 Å². The van der Waals surface area contributed by atoms with Crippen LogP contribution in [0.2, 0.25) is 0 Å². The molecule has 0 aliphatic rings. The van der Waals surface area contributed by atoms with E-state index in [1.165, 1.54) is 12.1 Å². The van der Waals surface area contributed by atoms with Crippen molar-refractivity contribution in [3.8, 4) is 5.75 Å². The summed E-state index contributed by atoms with van der Waals surface area (Å²) >= 11 is 0. The molecule has 5 nitrogen and oxygen atoms in total. The molecule has 0 spiro atoms. The lowest BCUT2D eigenvalue weighted by Gasteiger charge is -2.05. The predicted octanol–water partition coefficient (Wildman–Crippen LogP) is 2.08. The second-order valence-corrected chi connectivity index (χ2v) is 3.38. The van der Waals surface area contributed by atoms with Gasteiger partial charge in [0.2, 0.25) is 0 Å². The molecule has 0 saturated carbocycles. The molecule has 17 heavy (non-hydrogen) atoms. The van der Waals surface area contributed by atoms with E-state index < -0.39 is 11.7 Å². The van der Waals surface area contributed by atoms with E-state index in [4.69, 9.17) is 9.52 Å². The zero-order valence-electron chi connectivity index (χ0n) is 8.90. The Kier molecular flexibility index (Phi) is 2.78. The number of anilines is 1. The fourth-order valence-electron chi connectivity index (χ4n) is 1.31. The van der Waals surface area contributed by atoms with Crippen LogP contribution in [-0.4, -0.2) is 16.0 Å². The van der Waals surface area contributed by atoms with E-state index >= 15 is 0 Å². The van der Waals surface area contributed by atoms with Crippen LogP contribution in [0.4, 0.5) is 10.1 Å². The highest BCUT2D eigenvalue weighted by Crippen LogP contribution is 2.20. The van der Waals surface area contributed by atoms with Crippen molar-refractivity contribution in [3.63, 3.8) is 0 Å². The molecular formula is C11H9FN2O3. The van der Waals surface area contributed by atoms with Crippen molar-refractivity contribution in [1.82, 2.24) is 4.98 Å². The third-order valence-corrected chi connectivity index (χ3v) is 2.16. The Balaban J connectivity index is 2.22. The van der Waals surface area contributed by atoms with Gasteiger partial charge >= 0.3 is 0 Å². The molecule has 0 aliphatic heterocycles. The van der Waals surface area contributed by atoms with Gasteiger partial charge in [-0.1, -0.05) is 0 Å². The van der Waals surface area contributed by atoms with E-state index in [2.05, 4.69) is 10.3 Å². The average Bonchev–Trinajstić information content (AvgIpc) is 2.68. The second-order valence-electron chi connectivity index (χ2n) is 3.38. The third-order valence-electron chi connectivity index (χ3n) is 2.16. The van der Waals surface area contributed by atoms with E-state index in [0.717, 1.165) is 12.5 Å². The Morgan fingerprint density at radius 1 is 1.53 bits per heavy atom. The number of amides is 1. The number of carbonyl (C=O) groups is 1. The van der Waals surface area contributed by atoms with Gasteiger partial charge in [0.15, 0.2) is 12.1 Å². The number of rotatable bonds is 2. The minimum atomic E-state index is -0.723. The number of aromatic hydroxyl groups is 1. The molecule has 1 aromatic carbocycles. The summed E-state index contributed by atoms with van der Waals surface area (Å²) < 4.78 is 18.2. The normalized spacial score (nSPS) is 10.2. The van der Waals surface area contributed by atoms with Crippen molar-refractivity contribution < 1.29 is 18.7 Å². The van der Waals surface area contributed by atoms with Crippen molar-refractivity contribution in [1.29, 1.82) is 0 Å². The Labute approximate surface area is 95.9 Å². The Morgan fingerprint density at radius 3 is 2.88 bits per heavy atom. The van der Waals surface area contributed by atoms with Crippen LogP contribution in [0.25, 0.3) is 0 Å². The van der Waals surface area contributed by atoms with Gasteiger partial charge in [-0.3, -0.25) is 4.79 Å². The molecule has 6 heteroatoms. The number of aryl methyl sites for hydroxylation is 1. The summed E-state index contributed by atoms with van der Waals surface area (Å²) in [7, 11) is 0. The number of halogens is 1. The summed E-state index contributed by atoms with van der Waals surface area (Å²) in [6.45, 7) is 1.58. The quantitative estimate of drug-likeness (QED) is 0.783. The first kappa shape index (κ1) is 11.1. The van der Waals surface area contributed by atoms with Gasteiger partial charge < -0.3 is 14.8 Å². The smallest absolute Gasteiger partial charge is 0.277 e. The molecule has 2 aromatic rings. The van der Waals surface area contributed by atoms with Gasteiger partial charge in [0.25, 0.3) is 5.91 Å². The van der Waals surface area contributed by atoms with Crippen LogP contribution in [0, 0.1) is 12.7 Å². The molecule has 1 aromatic heterocycles. The Bertz CT molecular complexity index is 566. The minimum absolute atomic E-state index is 0.0322. The SMILES string of the molecule is Cc1ocnc1C(=O)Nc1ccc(O)cc1F. The summed E-state index contributed by atoms with van der Waals surface area (Å²) in [5.74, 6) is -1.15. The topological polar surface area (TPSA) is 75.4 Å². The average molecular weight is 236 g/mol. The largest absolute Gasteiger partial charge is 0.508 e. The van der Waals surface area contributed by atoms with E-state index in [1.54, 1.807) is 6.92 Å². The van der Waals surface area contributed by atoms with E-state index in [-0.39, 0.29) is 17.1 Å². The number of hydrogen-bond donors (Lipinski definition) is 2. The van der Waals surface area contributed by atoms with Crippen LogP contribution in [0.1, 0.15) is 16.2 Å². The summed E-state index contributed by atoms with van der Waals surface area (Å²) in [6, 6.07) is 3.44. The lowest BCUT2D eigenvalue weighted by molar-refractivity contribution is 0.102. The summed E-state index contributed by atoms with van der Waals surface area (Å²) in [6.07, 6.45) is 1.14. The van der Waals surface area contributed by atoms with Gasteiger partial charge in [-0.15, -0.1) is 0 Å². The number of phenols is 1. The monoisotopic (exact) mass is 236 g/mol. The first-order valence-electron chi connectivity index (χ1n) is 4.78. The maximum absolute atomic E-state index is 13.3. The standard InChI is InChI=1S/C11H9FN2O3/c1-6-10(13-5-17-6)11(16)14-9-3-2-7(15)4-8(9)12/h2-5,15H,1H3,(H,14,16). The Morgan fingerprint density at radius 2 is 2.29 bits per heavy atom. The molecule has 0 bridgehead atoms. The molecule has 1 heterocycles. The van der Waals surface area contributed by atoms with E-state index in [9.17, 15) is 9.18 Å². The molecule has 88 valence electrons. The molecular weight excluding hydrogens is 227 g/mol. The van der Waals surface area contributed by atoms with Crippen LogP contribution >= 0.6 is 0 Å². The van der Waals surface area contributed by atoms with Crippen LogP contribution in [0.3, 0.4) is 0 Å². The number of hydrogen-bond acceptors (Lipinski definition) is 4. The molecule has 0 unspecified atom stereocenters. The van der Waals surface area contributed by atoms with E-state index in [0.29, 0.717) is 5.76 Å². The van der Waals surface area contributed by atoms with Crippen LogP contribution in [0.15, 0.2) is 29.0 Å². The van der Waals surface area contributed by atoms with Crippen LogP contribution in [-0.2, 0) is 0 Å². The van der Waals surface area contributed by atoms with E-state index in [1.807, 2.05) is 0 Å². The van der Waals surface area contributed by atoms with Crippen molar-refractivity contribution in [2.75, 3.05) is 5.32 Å². The van der Waals surface area contributed by atoms with Gasteiger partial charge in [-0.05, 0) is 19.1 Å². The number of carbonyl (C=O) groups excluding carboxylic acids is 1. The molecule has 0 atom stereocenters. The van der Waals surface area contributed by atoms with Crippen molar-refractivity contribution in [2.24, 2.45) is 0 Å². The highest BCUT2D eigenvalue weighted by atomic mass is 19.1. The number of nitrogens with one attached hydrogen (secondary N) is 1. The maximum atomic E-state index is 13.3. The number of phenolic OH excluding ortho intramolecular Hbond substituents is 1. The highest BCUT2D eigenvalue weighted by Gasteiger charge is 2.15. The summed E-state index contributed by atoms with van der Waals surface area (Å²) in [4.78, 5) is 15.4. The molecule has 0 fully saturated rings. The number of benzene rings is 1. The van der Waals surface area contributed by atoms with Gasteiger partial charge in [-0.2, -0.15) is 0 Å². The Hall–Kier alpha value is -2.37. The number of aromatic nitrogens is 1. The molecule has 1 amide bonds. The molecule has 0 aliphatic carbocycles. The van der Waals surface area contributed by atoms with Gasteiger partial charge in [-0.25, -0.2) is 9.37 Å². The van der Waals surface area contributed by atoms with Crippen molar-refractivity contribution in [3.05, 3.63) is 41.9 Å². The minimum Gasteiger partial charge on any atom is -0.508 e. The molecule has 0 radical (unpaired) electrons. The second kappa shape index (κ2) is 4.25. The van der Waals surface area contributed by atoms with Gasteiger partial charge in [0.1, 0.15) is 17.3 Å². The lowest BCUT2D eigenvalue weighted by atomic mass is 10.2. The van der Waals surface area contributed by atoms with Crippen LogP contribution in [0.5, 0.6) is 5.75 Å². The molecule has 2 N–H and O–H groups in total. The third kappa shape index (κ3) is 2.25. The fourth-order valence-corrected chi connectivity index (χ4v) is 1.31. The van der Waals surface area contributed by atoms with Gasteiger partial charge in [0, 0.05) is 6.07 Å². The lowest BCUT2D eigenvalue weighted by Crippen LogP contribution is -2.14. The summed E-state index contributed by atoms with van der Waals surface area (Å²) in [5.41, 5.74) is 0.0627. The predicted molar refractivity (Wildman–Crippen MR) is 57.3 cm³/mol. The fraction of sp³-hybridized carbons (Fsp3) is 0.0909. The van der Waals surface area contributed by atoms with Crippen molar-refractivity contribution >= 4 is 11.6 Å². The number of nitrogens with zero attached hydrogens (tertiary/aromatic N) is 1. The maximum Gasteiger partial charge on any atom is 0.277 e. The first-order chi connectivity index (χ1) is 8.08. The zero-order chi connectivity index (χ0) is 12.4. The molecule has 0 saturated heterocycles. The highest BCUT2D eigenvalue weighted by molar-refractivity contribution is 6.03. The molecule has 2 rings (SSSR count).